The van der Waals surface area contributed by atoms with Crippen LogP contribution in [0.3, 0.4) is 0 Å². The minimum atomic E-state index is -1.16. The molecule has 104 valence electrons. The van der Waals surface area contributed by atoms with E-state index < -0.39 is 5.97 Å². The van der Waals surface area contributed by atoms with E-state index >= 15 is 0 Å². The maximum absolute atomic E-state index is 11.6. The molecule has 1 unspecified atom stereocenters. The molecule has 6 nitrogen and oxygen atoms in total. The Morgan fingerprint density at radius 3 is 2.63 bits per heavy atom. The van der Waals surface area contributed by atoms with Gasteiger partial charge in [0.05, 0.1) is 17.8 Å². The van der Waals surface area contributed by atoms with Crippen LogP contribution >= 0.6 is 11.6 Å². The summed E-state index contributed by atoms with van der Waals surface area (Å²) in [6.07, 6.45) is 0.138. The number of halogens is 1. The third-order valence-corrected chi connectivity index (χ3v) is 2.61. The fourth-order valence-corrected chi connectivity index (χ4v) is 1.69. The molecular weight excluding hydrogens is 272 g/mol. The minimum absolute atomic E-state index is 0.0716. The minimum Gasteiger partial charge on any atom is -0.496 e. The molecule has 19 heavy (non-hydrogen) atoms. The summed E-state index contributed by atoms with van der Waals surface area (Å²) in [6, 6.07) is 2.31. The van der Waals surface area contributed by atoms with Crippen molar-refractivity contribution in [2.24, 2.45) is 5.73 Å². The molecule has 0 bridgehead atoms. The third kappa shape index (κ3) is 4.11. The summed E-state index contributed by atoms with van der Waals surface area (Å²) in [6.45, 7) is 1.70. The number of ether oxygens (including phenoxy) is 1. The molecule has 0 heterocycles. The predicted molar refractivity (Wildman–Crippen MR) is 71.9 cm³/mol. The van der Waals surface area contributed by atoms with Gasteiger partial charge in [-0.15, -0.1) is 0 Å². The second kappa shape index (κ2) is 6.40. The standard InChI is InChI=1S/C12H15ClN2O4/c1-6(14)3-11(16)15-9-5-10(19-2)7(12(17)18)4-8(9)13/h4-6H,3,14H2,1-2H3,(H,15,16)(H,17,18). The van der Waals surface area contributed by atoms with Crippen LogP contribution in [0.5, 0.6) is 5.75 Å². The van der Waals surface area contributed by atoms with Gasteiger partial charge in [0.2, 0.25) is 5.91 Å². The Kier molecular flexibility index (Phi) is 5.14. The number of aromatic carboxylic acids is 1. The van der Waals surface area contributed by atoms with Gasteiger partial charge in [-0.2, -0.15) is 0 Å². The first-order valence-electron chi connectivity index (χ1n) is 5.51. The Labute approximate surface area is 115 Å². The van der Waals surface area contributed by atoms with E-state index in [9.17, 15) is 9.59 Å². The molecule has 4 N–H and O–H groups in total. The summed E-state index contributed by atoms with van der Waals surface area (Å²) < 4.78 is 4.95. The summed E-state index contributed by atoms with van der Waals surface area (Å²) in [5.41, 5.74) is 5.72. The maximum Gasteiger partial charge on any atom is 0.339 e. The van der Waals surface area contributed by atoms with Gasteiger partial charge in [0.1, 0.15) is 11.3 Å². The summed E-state index contributed by atoms with van der Waals surface area (Å²) in [5.74, 6) is -1.35. The van der Waals surface area contributed by atoms with Gasteiger partial charge < -0.3 is 20.9 Å². The van der Waals surface area contributed by atoms with E-state index in [0.717, 1.165) is 0 Å². The number of carboxylic acid groups (broad SMARTS) is 1. The molecular formula is C12H15ClN2O4. The van der Waals surface area contributed by atoms with Crippen LogP contribution in [0.1, 0.15) is 23.7 Å². The van der Waals surface area contributed by atoms with Crippen LogP contribution < -0.4 is 15.8 Å². The Hall–Kier alpha value is -1.79. The summed E-state index contributed by atoms with van der Waals surface area (Å²) in [5, 5.41) is 11.7. The SMILES string of the molecule is COc1cc(NC(=O)CC(C)N)c(Cl)cc1C(=O)O. The largest absolute Gasteiger partial charge is 0.496 e. The number of methoxy groups -OCH3 is 1. The molecule has 1 aromatic rings. The van der Waals surface area contributed by atoms with Crippen LogP contribution in [0, 0.1) is 0 Å². The van der Waals surface area contributed by atoms with Crippen LogP contribution in [0.4, 0.5) is 5.69 Å². The lowest BCUT2D eigenvalue weighted by molar-refractivity contribution is -0.116. The van der Waals surface area contributed by atoms with Gasteiger partial charge in [0.25, 0.3) is 0 Å². The summed E-state index contributed by atoms with van der Waals surface area (Å²) in [7, 11) is 1.34. The summed E-state index contributed by atoms with van der Waals surface area (Å²) >= 11 is 5.92. The molecule has 1 rings (SSSR count). The first kappa shape index (κ1) is 15.3. The van der Waals surface area contributed by atoms with Crippen molar-refractivity contribution in [2.45, 2.75) is 19.4 Å². The van der Waals surface area contributed by atoms with Gasteiger partial charge in [0.15, 0.2) is 0 Å². The Morgan fingerprint density at radius 1 is 1.53 bits per heavy atom. The lowest BCUT2D eigenvalue weighted by atomic mass is 10.1. The van der Waals surface area contributed by atoms with Crippen LogP contribution in [0.25, 0.3) is 0 Å². The predicted octanol–water partition coefficient (Wildman–Crippen LogP) is 1.72. The molecule has 0 aliphatic rings. The zero-order chi connectivity index (χ0) is 14.6. The maximum atomic E-state index is 11.6. The molecule has 0 saturated heterocycles. The number of carbonyl (C=O) groups excluding carboxylic acids is 1. The first-order valence-corrected chi connectivity index (χ1v) is 5.89. The highest BCUT2D eigenvalue weighted by atomic mass is 35.5. The fraction of sp³-hybridized carbons (Fsp3) is 0.333. The van der Waals surface area contributed by atoms with Crippen molar-refractivity contribution in [3.05, 3.63) is 22.7 Å². The normalized spacial score (nSPS) is 11.8. The number of benzene rings is 1. The molecule has 7 heteroatoms. The molecule has 1 atom stereocenters. The molecule has 0 aliphatic heterocycles. The topological polar surface area (TPSA) is 102 Å². The van der Waals surface area contributed by atoms with E-state index in [0.29, 0.717) is 0 Å². The van der Waals surface area contributed by atoms with Crippen molar-refractivity contribution in [2.75, 3.05) is 12.4 Å². The van der Waals surface area contributed by atoms with Crippen molar-refractivity contribution in [1.29, 1.82) is 0 Å². The lowest BCUT2D eigenvalue weighted by Crippen LogP contribution is -2.24. The highest BCUT2D eigenvalue weighted by molar-refractivity contribution is 6.34. The Morgan fingerprint density at radius 2 is 2.16 bits per heavy atom. The van der Waals surface area contributed by atoms with E-state index in [2.05, 4.69) is 5.32 Å². The number of rotatable bonds is 5. The number of carbonyl (C=O) groups is 2. The van der Waals surface area contributed by atoms with Gasteiger partial charge in [-0.05, 0) is 13.0 Å². The van der Waals surface area contributed by atoms with E-state index in [-0.39, 0.29) is 40.4 Å². The molecule has 1 amide bonds. The van der Waals surface area contributed by atoms with Crippen molar-refractivity contribution < 1.29 is 19.4 Å². The smallest absolute Gasteiger partial charge is 0.339 e. The average molecular weight is 287 g/mol. The molecule has 0 radical (unpaired) electrons. The molecule has 0 saturated carbocycles. The Balaban J connectivity index is 3.03. The number of amides is 1. The number of anilines is 1. The molecule has 1 aromatic carbocycles. The Bertz CT molecular complexity index is 503. The third-order valence-electron chi connectivity index (χ3n) is 2.30. The van der Waals surface area contributed by atoms with Gasteiger partial charge in [-0.1, -0.05) is 11.6 Å². The lowest BCUT2D eigenvalue weighted by Gasteiger charge is -2.12. The zero-order valence-corrected chi connectivity index (χ0v) is 11.3. The van der Waals surface area contributed by atoms with Crippen LogP contribution in [0.2, 0.25) is 5.02 Å². The van der Waals surface area contributed by atoms with E-state index in [1.165, 1.54) is 19.2 Å². The van der Waals surface area contributed by atoms with Crippen LogP contribution in [-0.2, 0) is 4.79 Å². The number of nitrogens with two attached hydrogens (primary N) is 1. The molecule has 0 spiro atoms. The van der Waals surface area contributed by atoms with E-state index in [1.54, 1.807) is 6.92 Å². The second-order valence-corrected chi connectivity index (χ2v) is 4.47. The molecule has 0 fully saturated rings. The fourth-order valence-electron chi connectivity index (χ4n) is 1.48. The van der Waals surface area contributed by atoms with Crippen molar-refractivity contribution in [3.63, 3.8) is 0 Å². The van der Waals surface area contributed by atoms with Gasteiger partial charge in [0, 0.05) is 18.5 Å². The van der Waals surface area contributed by atoms with Crippen molar-refractivity contribution in [1.82, 2.24) is 0 Å². The first-order chi connectivity index (χ1) is 8.85. The van der Waals surface area contributed by atoms with E-state index in [1.807, 2.05) is 0 Å². The van der Waals surface area contributed by atoms with Gasteiger partial charge in [-0.25, -0.2) is 4.79 Å². The highest BCUT2D eigenvalue weighted by Crippen LogP contribution is 2.31. The quantitative estimate of drug-likeness (QED) is 0.765. The van der Waals surface area contributed by atoms with Crippen molar-refractivity contribution in [3.8, 4) is 5.75 Å². The van der Waals surface area contributed by atoms with E-state index in [4.69, 9.17) is 27.2 Å². The van der Waals surface area contributed by atoms with Crippen LogP contribution in [0.15, 0.2) is 12.1 Å². The van der Waals surface area contributed by atoms with Crippen LogP contribution in [-0.4, -0.2) is 30.1 Å². The van der Waals surface area contributed by atoms with Gasteiger partial charge in [-0.3, -0.25) is 4.79 Å². The number of hydrogen-bond donors (Lipinski definition) is 3. The monoisotopic (exact) mass is 286 g/mol. The molecule has 0 aromatic heterocycles. The molecule has 0 aliphatic carbocycles. The highest BCUT2D eigenvalue weighted by Gasteiger charge is 2.16. The number of hydrogen-bond acceptors (Lipinski definition) is 4. The average Bonchev–Trinajstić information content (AvgIpc) is 2.29. The zero-order valence-electron chi connectivity index (χ0n) is 10.6. The number of nitrogens with one attached hydrogen (secondary N) is 1. The summed E-state index contributed by atoms with van der Waals surface area (Å²) in [4.78, 5) is 22.6. The second-order valence-electron chi connectivity index (χ2n) is 4.07. The van der Waals surface area contributed by atoms with Crippen molar-refractivity contribution >= 4 is 29.2 Å². The number of carboxylic acids is 1. The van der Waals surface area contributed by atoms with Gasteiger partial charge >= 0.3 is 5.97 Å².